The zero-order valence-corrected chi connectivity index (χ0v) is 12.8. The topological polar surface area (TPSA) is 9.23 Å². The summed E-state index contributed by atoms with van der Waals surface area (Å²) in [5, 5.41) is 6.22. The van der Waals surface area contributed by atoms with Crippen molar-refractivity contribution in [1.29, 1.82) is 0 Å². The Bertz CT molecular complexity index is 767. The summed E-state index contributed by atoms with van der Waals surface area (Å²) in [5.41, 5.74) is 1.11. The Labute approximate surface area is 125 Å². The maximum atomic E-state index is 6.45. The van der Waals surface area contributed by atoms with Crippen molar-refractivity contribution in [3.05, 3.63) is 53.1 Å². The van der Waals surface area contributed by atoms with Crippen LogP contribution in [0.25, 0.3) is 21.5 Å². The predicted molar refractivity (Wildman–Crippen MR) is 85.6 cm³/mol. The number of ether oxygens (including phenoxy) is 1. The monoisotopic (exact) mass is 334 g/mol. The van der Waals surface area contributed by atoms with Crippen LogP contribution in [-0.2, 0) is 5.33 Å². The molecule has 19 heavy (non-hydrogen) atoms. The molecule has 0 aliphatic heterocycles. The number of benzene rings is 3. The molecule has 0 spiro atoms. The Morgan fingerprint density at radius 2 is 1.74 bits per heavy atom. The lowest BCUT2D eigenvalue weighted by atomic mass is 10.0. The molecular weight excluding hydrogens is 324 g/mol. The average molecular weight is 336 g/mol. The Hall–Kier alpha value is -1.25. The van der Waals surface area contributed by atoms with Crippen molar-refractivity contribution >= 4 is 49.1 Å². The third-order valence-electron chi connectivity index (χ3n) is 3.38. The van der Waals surface area contributed by atoms with E-state index in [1.54, 1.807) is 7.11 Å². The minimum atomic E-state index is 0.766. The van der Waals surface area contributed by atoms with Crippen molar-refractivity contribution in [3.63, 3.8) is 0 Å². The van der Waals surface area contributed by atoms with Gasteiger partial charge in [-0.15, -0.1) is 0 Å². The summed E-state index contributed by atoms with van der Waals surface area (Å²) in [5.74, 6) is 0.870. The molecule has 1 nitrogen and oxygen atoms in total. The Kier molecular flexibility index (Phi) is 3.38. The van der Waals surface area contributed by atoms with Crippen LogP contribution in [0.4, 0.5) is 0 Å². The second kappa shape index (κ2) is 5.03. The van der Waals surface area contributed by atoms with Crippen LogP contribution in [0.3, 0.4) is 0 Å². The Balaban J connectivity index is 2.38. The van der Waals surface area contributed by atoms with Gasteiger partial charge in [-0.3, -0.25) is 0 Å². The molecule has 3 aromatic carbocycles. The Morgan fingerprint density at radius 3 is 2.47 bits per heavy atom. The van der Waals surface area contributed by atoms with Gasteiger partial charge in [0.2, 0.25) is 0 Å². The summed E-state index contributed by atoms with van der Waals surface area (Å²) in [4.78, 5) is 0. The fourth-order valence-electron chi connectivity index (χ4n) is 2.36. The molecule has 3 rings (SSSR count). The minimum absolute atomic E-state index is 0.766. The van der Waals surface area contributed by atoms with Gasteiger partial charge in [0, 0.05) is 10.7 Å². The van der Waals surface area contributed by atoms with E-state index in [0.717, 1.165) is 32.4 Å². The molecule has 0 amide bonds. The highest BCUT2D eigenvalue weighted by Crippen LogP contribution is 2.34. The number of alkyl halides is 1. The molecule has 96 valence electrons. The third kappa shape index (κ3) is 2.09. The van der Waals surface area contributed by atoms with E-state index in [2.05, 4.69) is 46.3 Å². The molecule has 0 saturated heterocycles. The normalized spacial score (nSPS) is 11.1. The summed E-state index contributed by atoms with van der Waals surface area (Å²) < 4.78 is 5.26. The van der Waals surface area contributed by atoms with Crippen LogP contribution in [0.5, 0.6) is 5.75 Å². The van der Waals surface area contributed by atoms with Crippen molar-refractivity contribution in [3.8, 4) is 5.75 Å². The van der Waals surface area contributed by atoms with Gasteiger partial charge in [-0.05, 0) is 33.9 Å². The van der Waals surface area contributed by atoms with E-state index in [9.17, 15) is 0 Å². The standard InChI is InChI=1S/C16H12BrClO/c1-19-12-4-7-13-10(8-12)2-6-15-14(13)5-3-11(9-17)16(15)18/h2-8H,9H2,1H3. The van der Waals surface area contributed by atoms with E-state index < -0.39 is 0 Å². The van der Waals surface area contributed by atoms with Crippen LogP contribution in [0, 0.1) is 0 Å². The van der Waals surface area contributed by atoms with Crippen LogP contribution < -0.4 is 4.74 Å². The van der Waals surface area contributed by atoms with Gasteiger partial charge in [0.1, 0.15) is 5.75 Å². The van der Waals surface area contributed by atoms with Gasteiger partial charge in [-0.25, -0.2) is 0 Å². The molecule has 0 atom stereocenters. The Morgan fingerprint density at radius 1 is 1.00 bits per heavy atom. The maximum Gasteiger partial charge on any atom is 0.119 e. The van der Waals surface area contributed by atoms with Crippen LogP contribution in [0.1, 0.15) is 5.56 Å². The first-order chi connectivity index (χ1) is 9.24. The SMILES string of the molecule is COc1ccc2c(ccc3c(Cl)c(CBr)ccc32)c1. The lowest BCUT2D eigenvalue weighted by Crippen LogP contribution is -1.86. The largest absolute Gasteiger partial charge is 0.497 e. The maximum absolute atomic E-state index is 6.45. The van der Waals surface area contributed by atoms with Gasteiger partial charge in [0.05, 0.1) is 12.1 Å². The molecule has 0 bridgehead atoms. The minimum Gasteiger partial charge on any atom is -0.497 e. The number of hydrogen-bond donors (Lipinski definition) is 0. The quantitative estimate of drug-likeness (QED) is 0.441. The first kappa shape index (κ1) is 12.8. The highest BCUT2D eigenvalue weighted by molar-refractivity contribution is 9.08. The van der Waals surface area contributed by atoms with E-state index >= 15 is 0 Å². The summed E-state index contributed by atoms with van der Waals surface area (Å²) in [6, 6.07) is 14.5. The number of rotatable bonds is 2. The fraction of sp³-hybridized carbons (Fsp3) is 0.125. The van der Waals surface area contributed by atoms with E-state index in [1.165, 1.54) is 10.8 Å². The molecule has 0 fully saturated rings. The summed E-state index contributed by atoms with van der Waals surface area (Å²) in [6.07, 6.45) is 0. The van der Waals surface area contributed by atoms with Crippen molar-refractivity contribution in [2.75, 3.05) is 7.11 Å². The second-order valence-electron chi connectivity index (χ2n) is 4.42. The molecule has 3 aromatic rings. The number of hydrogen-bond acceptors (Lipinski definition) is 1. The fourth-order valence-corrected chi connectivity index (χ4v) is 3.29. The summed E-state index contributed by atoms with van der Waals surface area (Å²) in [6.45, 7) is 0. The second-order valence-corrected chi connectivity index (χ2v) is 5.36. The first-order valence-electron chi connectivity index (χ1n) is 5.98. The van der Waals surface area contributed by atoms with Crippen molar-refractivity contribution < 1.29 is 4.74 Å². The van der Waals surface area contributed by atoms with Gasteiger partial charge in [0.25, 0.3) is 0 Å². The summed E-state index contributed by atoms with van der Waals surface area (Å²) in [7, 11) is 1.68. The third-order valence-corrected chi connectivity index (χ3v) is 4.43. The zero-order chi connectivity index (χ0) is 13.4. The lowest BCUT2D eigenvalue weighted by molar-refractivity contribution is 0.415. The van der Waals surface area contributed by atoms with Crippen LogP contribution in [0.15, 0.2) is 42.5 Å². The molecule has 3 heteroatoms. The molecule has 0 aromatic heterocycles. The smallest absolute Gasteiger partial charge is 0.119 e. The highest BCUT2D eigenvalue weighted by atomic mass is 79.9. The van der Waals surface area contributed by atoms with E-state index in [1.807, 2.05) is 12.1 Å². The number of fused-ring (bicyclic) bond motifs is 3. The summed E-state index contributed by atoms with van der Waals surface area (Å²) >= 11 is 9.91. The molecule has 0 radical (unpaired) electrons. The van der Waals surface area contributed by atoms with Crippen molar-refractivity contribution in [2.24, 2.45) is 0 Å². The first-order valence-corrected chi connectivity index (χ1v) is 7.48. The van der Waals surface area contributed by atoms with Gasteiger partial charge in [-0.1, -0.05) is 57.9 Å². The molecular formula is C16H12BrClO. The molecule has 0 saturated carbocycles. The van der Waals surface area contributed by atoms with Crippen molar-refractivity contribution in [1.82, 2.24) is 0 Å². The number of halogens is 2. The van der Waals surface area contributed by atoms with Gasteiger partial charge in [0.15, 0.2) is 0 Å². The molecule has 0 N–H and O–H groups in total. The van der Waals surface area contributed by atoms with Gasteiger partial charge >= 0.3 is 0 Å². The van der Waals surface area contributed by atoms with Crippen LogP contribution >= 0.6 is 27.5 Å². The predicted octanol–water partition coefficient (Wildman–Crippen LogP) is 5.55. The van der Waals surface area contributed by atoms with Gasteiger partial charge < -0.3 is 4.74 Å². The van der Waals surface area contributed by atoms with Crippen LogP contribution in [-0.4, -0.2) is 7.11 Å². The van der Waals surface area contributed by atoms with E-state index in [-0.39, 0.29) is 0 Å². The zero-order valence-electron chi connectivity index (χ0n) is 10.4. The highest BCUT2D eigenvalue weighted by Gasteiger charge is 2.08. The van der Waals surface area contributed by atoms with E-state index in [0.29, 0.717) is 0 Å². The number of methoxy groups -OCH3 is 1. The molecule has 0 aliphatic rings. The van der Waals surface area contributed by atoms with Crippen LogP contribution in [0.2, 0.25) is 5.02 Å². The average Bonchev–Trinajstić information content (AvgIpc) is 2.46. The molecule has 0 aliphatic carbocycles. The molecule has 0 unspecified atom stereocenters. The lowest BCUT2D eigenvalue weighted by Gasteiger charge is -2.09. The van der Waals surface area contributed by atoms with Gasteiger partial charge in [-0.2, -0.15) is 0 Å². The molecule has 0 heterocycles. The van der Waals surface area contributed by atoms with E-state index in [4.69, 9.17) is 16.3 Å². The van der Waals surface area contributed by atoms with Crippen molar-refractivity contribution in [2.45, 2.75) is 5.33 Å².